The van der Waals surface area contributed by atoms with Crippen molar-refractivity contribution >= 4 is 0 Å². The van der Waals surface area contributed by atoms with Crippen molar-refractivity contribution in [2.75, 3.05) is 26.3 Å². The van der Waals surface area contributed by atoms with Gasteiger partial charge in [0, 0.05) is 6.54 Å². The lowest BCUT2D eigenvalue weighted by atomic mass is 10.3. The molecule has 13 heavy (non-hydrogen) atoms. The quantitative estimate of drug-likeness (QED) is 0.436. The molecule has 0 atom stereocenters. The van der Waals surface area contributed by atoms with Gasteiger partial charge in [0.15, 0.2) is 0 Å². The molecule has 0 spiro atoms. The molecule has 1 aliphatic carbocycles. The van der Waals surface area contributed by atoms with E-state index in [0.29, 0.717) is 0 Å². The predicted octanol–water partition coefficient (Wildman–Crippen LogP) is 1.97. The highest BCUT2D eigenvalue weighted by molar-refractivity contribution is 4.73. The lowest BCUT2D eigenvalue weighted by molar-refractivity contribution is 0.140. The first kappa shape index (κ1) is 10.7. The molecular formula is C11H21NO. The molecule has 1 rings (SSSR count). The summed E-state index contributed by atoms with van der Waals surface area (Å²) in [6.45, 7) is 7.44. The van der Waals surface area contributed by atoms with E-state index in [1.54, 1.807) is 0 Å². The monoisotopic (exact) mass is 183 g/mol. The SMILES string of the molecule is C=CCCOCCNCCC1CC1. The molecule has 0 heterocycles. The van der Waals surface area contributed by atoms with Crippen molar-refractivity contribution in [2.24, 2.45) is 5.92 Å². The highest BCUT2D eigenvalue weighted by Crippen LogP contribution is 2.31. The summed E-state index contributed by atoms with van der Waals surface area (Å²) in [5.41, 5.74) is 0. The minimum Gasteiger partial charge on any atom is -0.380 e. The summed E-state index contributed by atoms with van der Waals surface area (Å²) in [6.07, 6.45) is 7.12. The van der Waals surface area contributed by atoms with E-state index < -0.39 is 0 Å². The molecule has 1 fully saturated rings. The predicted molar refractivity (Wildman–Crippen MR) is 55.8 cm³/mol. The van der Waals surface area contributed by atoms with Crippen molar-refractivity contribution < 1.29 is 4.74 Å². The van der Waals surface area contributed by atoms with E-state index in [1.807, 2.05) is 6.08 Å². The van der Waals surface area contributed by atoms with Crippen LogP contribution in [0.4, 0.5) is 0 Å². The average Bonchev–Trinajstić information content (AvgIpc) is 2.93. The zero-order valence-electron chi connectivity index (χ0n) is 8.43. The molecule has 0 aliphatic heterocycles. The van der Waals surface area contributed by atoms with Crippen LogP contribution in [0.2, 0.25) is 0 Å². The van der Waals surface area contributed by atoms with Crippen molar-refractivity contribution in [3.05, 3.63) is 12.7 Å². The first-order valence-corrected chi connectivity index (χ1v) is 5.33. The van der Waals surface area contributed by atoms with Crippen LogP contribution in [0.15, 0.2) is 12.7 Å². The van der Waals surface area contributed by atoms with Gasteiger partial charge in [-0.05, 0) is 25.3 Å². The summed E-state index contributed by atoms with van der Waals surface area (Å²) < 4.78 is 5.36. The second-order valence-electron chi connectivity index (χ2n) is 3.67. The Kier molecular flexibility index (Phi) is 5.87. The summed E-state index contributed by atoms with van der Waals surface area (Å²) in [7, 11) is 0. The average molecular weight is 183 g/mol. The summed E-state index contributed by atoms with van der Waals surface area (Å²) in [6, 6.07) is 0. The minimum absolute atomic E-state index is 0.813. The lowest BCUT2D eigenvalue weighted by Gasteiger charge is -2.04. The number of hydrogen-bond acceptors (Lipinski definition) is 2. The molecule has 0 radical (unpaired) electrons. The molecule has 2 nitrogen and oxygen atoms in total. The molecule has 0 bridgehead atoms. The van der Waals surface area contributed by atoms with Crippen molar-refractivity contribution in [3.8, 4) is 0 Å². The lowest BCUT2D eigenvalue weighted by Crippen LogP contribution is -2.21. The van der Waals surface area contributed by atoms with Crippen LogP contribution in [0.25, 0.3) is 0 Å². The van der Waals surface area contributed by atoms with Gasteiger partial charge in [-0.25, -0.2) is 0 Å². The Balaban J connectivity index is 1.65. The van der Waals surface area contributed by atoms with Gasteiger partial charge in [0.2, 0.25) is 0 Å². The Morgan fingerprint density at radius 2 is 2.15 bits per heavy atom. The first-order valence-electron chi connectivity index (χ1n) is 5.33. The number of nitrogens with one attached hydrogen (secondary N) is 1. The van der Waals surface area contributed by atoms with Gasteiger partial charge in [-0.1, -0.05) is 18.9 Å². The largest absolute Gasteiger partial charge is 0.380 e. The molecule has 0 unspecified atom stereocenters. The topological polar surface area (TPSA) is 21.3 Å². The van der Waals surface area contributed by atoms with E-state index in [2.05, 4.69) is 11.9 Å². The van der Waals surface area contributed by atoms with Crippen LogP contribution in [0.5, 0.6) is 0 Å². The van der Waals surface area contributed by atoms with E-state index in [1.165, 1.54) is 19.3 Å². The zero-order chi connectivity index (χ0) is 9.36. The van der Waals surface area contributed by atoms with Crippen LogP contribution in [-0.4, -0.2) is 26.3 Å². The molecule has 1 aliphatic rings. The number of rotatable bonds is 9. The highest BCUT2D eigenvalue weighted by atomic mass is 16.5. The normalized spacial score (nSPS) is 16.0. The third-order valence-electron chi connectivity index (χ3n) is 2.32. The van der Waals surface area contributed by atoms with Crippen LogP contribution < -0.4 is 5.32 Å². The maximum atomic E-state index is 5.36. The third-order valence-corrected chi connectivity index (χ3v) is 2.32. The smallest absolute Gasteiger partial charge is 0.0591 e. The molecule has 0 saturated heterocycles. The van der Waals surface area contributed by atoms with Gasteiger partial charge in [0.25, 0.3) is 0 Å². The second kappa shape index (κ2) is 7.10. The third kappa shape index (κ3) is 6.79. The Bertz CT molecular complexity index is 132. The van der Waals surface area contributed by atoms with Gasteiger partial charge in [-0.2, -0.15) is 0 Å². The van der Waals surface area contributed by atoms with Gasteiger partial charge in [0.05, 0.1) is 13.2 Å². The van der Waals surface area contributed by atoms with Gasteiger partial charge < -0.3 is 10.1 Å². The van der Waals surface area contributed by atoms with E-state index in [-0.39, 0.29) is 0 Å². The number of ether oxygens (including phenoxy) is 1. The first-order chi connectivity index (χ1) is 6.43. The van der Waals surface area contributed by atoms with Crippen LogP contribution in [0.3, 0.4) is 0 Å². The molecule has 1 N–H and O–H groups in total. The van der Waals surface area contributed by atoms with E-state index in [4.69, 9.17) is 4.74 Å². The molecular weight excluding hydrogens is 162 g/mol. The molecule has 0 amide bonds. The molecule has 2 heteroatoms. The maximum Gasteiger partial charge on any atom is 0.0591 e. The Morgan fingerprint density at radius 1 is 1.31 bits per heavy atom. The van der Waals surface area contributed by atoms with Crippen molar-refractivity contribution in [3.63, 3.8) is 0 Å². The van der Waals surface area contributed by atoms with Gasteiger partial charge in [0.1, 0.15) is 0 Å². The summed E-state index contributed by atoms with van der Waals surface area (Å²) >= 11 is 0. The van der Waals surface area contributed by atoms with Crippen LogP contribution in [-0.2, 0) is 4.74 Å². The van der Waals surface area contributed by atoms with Crippen molar-refractivity contribution in [2.45, 2.75) is 25.7 Å². The van der Waals surface area contributed by atoms with E-state index in [0.717, 1.165) is 38.6 Å². The van der Waals surface area contributed by atoms with Crippen molar-refractivity contribution in [1.29, 1.82) is 0 Å². The zero-order valence-corrected chi connectivity index (χ0v) is 8.43. The van der Waals surface area contributed by atoms with E-state index in [9.17, 15) is 0 Å². The van der Waals surface area contributed by atoms with Gasteiger partial charge in [-0.3, -0.25) is 0 Å². The highest BCUT2D eigenvalue weighted by Gasteiger charge is 2.19. The maximum absolute atomic E-state index is 5.36. The molecule has 0 aromatic heterocycles. The molecule has 76 valence electrons. The Hall–Kier alpha value is -0.340. The van der Waals surface area contributed by atoms with Gasteiger partial charge >= 0.3 is 0 Å². The molecule has 0 aromatic rings. The summed E-state index contributed by atoms with van der Waals surface area (Å²) in [5.74, 6) is 1.04. The fraction of sp³-hybridized carbons (Fsp3) is 0.818. The van der Waals surface area contributed by atoms with Gasteiger partial charge in [-0.15, -0.1) is 6.58 Å². The van der Waals surface area contributed by atoms with E-state index >= 15 is 0 Å². The minimum atomic E-state index is 0.813. The van der Waals surface area contributed by atoms with Crippen LogP contribution in [0, 0.1) is 5.92 Å². The van der Waals surface area contributed by atoms with Crippen LogP contribution in [0.1, 0.15) is 25.7 Å². The van der Waals surface area contributed by atoms with Crippen molar-refractivity contribution in [1.82, 2.24) is 5.32 Å². The summed E-state index contributed by atoms with van der Waals surface area (Å²) in [4.78, 5) is 0. The standard InChI is InChI=1S/C11H21NO/c1-2-3-9-13-10-8-12-7-6-11-4-5-11/h2,11-12H,1,3-10H2. The molecule has 1 saturated carbocycles. The fourth-order valence-electron chi connectivity index (χ4n) is 1.25. The summed E-state index contributed by atoms with van der Waals surface area (Å²) in [5, 5.41) is 3.38. The Morgan fingerprint density at radius 3 is 2.85 bits per heavy atom. The second-order valence-corrected chi connectivity index (χ2v) is 3.67. The van der Waals surface area contributed by atoms with Crippen LogP contribution >= 0.6 is 0 Å². The number of hydrogen-bond donors (Lipinski definition) is 1. The molecule has 0 aromatic carbocycles. The fourth-order valence-corrected chi connectivity index (χ4v) is 1.25. The Labute approximate surface area is 81.4 Å².